The van der Waals surface area contributed by atoms with Gasteiger partial charge >= 0.3 is 0 Å². The van der Waals surface area contributed by atoms with Crippen LogP contribution in [0.25, 0.3) is 0 Å². The predicted octanol–water partition coefficient (Wildman–Crippen LogP) is 2.21. The highest BCUT2D eigenvalue weighted by molar-refractivity contribution is 8.00. The molecule has 0 radical (unpaired) electrons. The molecule has 0 spiro atoms. The molecule has 0 aliphatic carbocycles. The third kappa shape index (κ3) is 4.24. The summed E-state index contributed by atoms with van der Waals surface area (Å²) >= 11 is 2.06. The Hall–Kier alpha value is 0.230. The minimum atomic E-state index is -0.0623. The molecule has 2 atom stereocenters. The van der Waals surface area contributed by atoms with E-state index in [1.165, 1.54) is 5.75 Å². The minimum absolute atomic E-state index is 0.0623. The van der Waals surface area contributed by atoms with Crippen LogP contribution in [0.2, 0.25) is 0 Å². The van der Waals surface area contributed by atoms with Crippen LogP contribution in [0.4, 0.5) is 0 Å². The van der Waals surface area contributed by atoms with Crippen LogP contribution in [0.3, 0.4) is 0 Å². The third-order valence-electron chi connectivity index (χ3n) is 3.10. The fourth-order valence-electron chi connectivity index (χ4n) is 1.97. The van der Waals surface area contributed by atoms with Crippen molar-refractivity contribution in [2.45, 2.75) is 45.3 Å². The summed E-state index contributed by atoms with van der Waals surface area (Å²) in [6, 6.07) is 0.613. The maximum atomic E-state index is 5.60. The molecule has 1 saturated heterocycles. The van der Waals surface area contributed by atoms with E-state index in [0.29, 0.717) is 11.3 Å². The lowest BCUT2D eigenvalue weighted by molar-refractivity contribution is -0.149. The summed E-state index contributed by atoms with van der Waals surface area (Å²) in [5.41, 5.74) is 0. The lowest BCUT2D eigenvalue weighted by Crippen LogP contribution is -2.48. The van der Waals surface area contributed by atoms with E-state index in [1.807, 2.05) is 13.8 Å². The molecule has 0 unspecified atom stereocenters. The third-order valence-corrected chi connectivity index (χ3v) is 4.44. The summed E-state index contributed by atoms with van der Waals surface area (Å²) in [7, 11) is 0. The zero-order valence-electron chi connectivity index (χ0n) is 10.9. The first kappa shape index (κ1) is 14.3. The van der Waals surface area contributed by atoms with Gasteiger partial charge in [0, 0.05) is 43.3 Å². The van der Waals surface area contributed by atoms with E-state index in [-0.39, 0.29) is 6.29 Å². The summed E-state index contributed by atoms with van der Waals surface area (Å²) in [4.78, 5) is 2.48. The average molecular weight is 247 g/mol. The van der Waals surface area contributed by atoms with E-state index in [4.69, 9.17) is 9.47 Å². The highest BCUT2D eigenvalue weighted by Gasteiger charge is 2.27. The minimum Gasteiger partial charge on any atom is -0.352 e. The van der Waals surface area contributed by atoms with Crippen molar-refractivity contribution in [2.24, 2.45) is 0 Å². The molecule has 1 fully saturated rings. The Labute approximate surface area is 104 Å². The Bertz CT molecular complexity index is 186. The van der Waals surface area contributed by atoms with Gasteiger partial charge < -0.3 is 9.47 Å². The van der Waals surface area contributed by atoms with Crippen LogP contribution in [0.15, 0.2) is 0 Å². The van der Waals surface area contributed by atoms with Crippen LogP contribution >= 0.6 is 11.8 Å². The first-order valence-electron chi connectivity index (χ1n) is 6.27. The molecule has 0 aromatic carbocycles. The van der Waals surface area contributed by atoms with Crippen molar-refractivity contribution < 1.29 is 9.47 Å². The molecule has 3 nitrogen and oxygen atoms in total. The molecule has 0 saturated carbocycles. The molecule has 4 heteroatoms. The van der Waals surface area contributed by atoms with Gasteiger partial charge in [-0.25, -0.2) is 0 Å². The topological polar surface area (TPSA) is 21.7 Å². The molecule has 0 N–H and O–H groups in total. The van der Waals surface area contributed by atoms with Crippen molar-refractivity contribution in [2.75, 3.05) is 32.1 Å². The summed E-state index contributed by atoms with van der Waals surface area (Å²) in [5, 5.41) is 0.706. The van der Waals surface area contributed by atoms with E-state index in [2.05, 4.69) is 30.5 Å². The number of thioether (sulfide) groups is 1. The van der Waals surface area contributed by atoms with Crippen molar-refractivity contribution in [1.82, 2.24) is 4.90 Å². The Morgan fingerprint density at radius 1 is 1.25 bits per heavy atom. The molecule has 1 rings (SSSR count). The SMILES string of the molecule is CCOC(CN1CCS[C@@H](C)[C@@H]1C)OCC. The lowest BCUT2D eigenvalue weighted by atomic mass is 10.2. The number of rotatable bonds is 6. The van der Waals surface area contributed by atoms with Crippen LogP contribution in [-0.4, -0.2) is 54.5 Å². The molecule has 1 aliphatic heterocycles. The molecule has 1 aliphatic rings. The molecular weight excluding hydrogens is 222 g/mol. The first-order valence-corrected chi connectivity index (χ1v) is 7.32. The van der Waals surface area contributed by atoms with Crippen LogP contribution in [-0.2, 0) is 9.47 Å². The number of ether oxygens (including phenoxy) is 2. The molecule has 96 valence electrons. The first-order chi connectivity index (χ1) is 7.69. The zero-order valence-corrected chi connectivity index (χ0v) is 11.8. The summed E-state index contributed by atoms with van der Waals surface area (Å²) in [5.74, 6) is 1.22. The van der Waals surface area contributed by atoms with Gasteiger partial charge in [0.2, 0.25) is 0 Å². The normalized spacial score (nSPS) is 27.6. The Morgan fingerprint density at radius 2 is 1.88 bits per heavy atom. The average Bonchev–Trinajstić information content (AvgIpc) is 2.25. The summed E-state index contributed by atoms with van der Waals surface area (Å²) < 4.78 is 11.2. The molecular formula is C12H25NO2S. The van der Waals surface area contributed by atoms with Gasteiger partial charge in [-0.3, -0.25) is 4.90 Å². The molecule has 0 amide bonds. The van der Waals surface area contributed by atoms with E-state index in [0.717, 1.165) is 26.3 Å². The van der Waals surface area contributed by atoms with Gasteiger partial charge in [0.25, 0.3) is 0 Å². The quantitative estimate of drug-likeness (QED) is 0.671. The van der Waals surface area contributed by atoms with Crippen LogP contribution in [0.1, 0.15) is 27.7 Å². The standard InChI is InChI=1S/C12H25NO2S/c1-5-14-12(15-6-2)9-13-7-8-16-11(4)10(13)3/h10-12H,5-9H2,1-4H3/t10-,11-/m0/s1. The van der Waals surface area contributed by atoms with E-state index in [9.17, 15) is 0 Å². The molecule has 0 aromatic rings. The van der Waals surface area contributed by atoms with Crippen molar-refractivity contribution in [1.29, 1.82) is 0 Å². The number of nitrogens with zero attached hydrogens (tertiary/aromatic N) is 1. The molecule has 0 bridgehead atoms. The Balaban J connectivity index is 2.42. The fraction of sp³-hybridized carbons (Fsp3) is 1.00. The predicted molar refractivity (Wildman–Crippen MR) is 70.0 cm³/mol. The van der Waals surface area contributed by atoms with E-state index < -0.39 is 0 Å². The second-order valence-corrected chi connectivity index (χ2v) is 5.64. The van der Waals surface area contributed by atoms with E-state index >= 15 is 0 Å². The van der Waals surface area contributed by atoms with Gasteiger partial charge in [0.05, 0.1) is 0 Å². The number of hydrogen-bond donors (Lipinski definition) is 0. The second-order valence-electron chi connectivity index (χ2n) is 4.15. The van der Waals surface area contributed by atoms with Crippen LogP contribution < -0.4 is 0 Å². The van der Waals surface area contributed by atoms with Gasteiger partial charge in [0.1, 0.15) is 0 Å². The van der Waals surface area contributed by atoms with Crippen molar-refractivity contribution >= 4 is 11.8 Å². The van der Waals surface area contributed by atoms with E-state index in [1.54, 1.807) is 0 Å². The van der Waals surface area contributed by atoms with Gasteiger partial charge in [-0.05, 0) is 20.8 Å². The molecule has 1 heterocycles. The lowest BCUT2D eigenvalue weighted by Gasteiger charge is -2.38. The van der Waals surface area contributed by atoms with Crippen LogP contribution in [0, 0.1) is 0 Å². The van der Waals surface area contributed by atoms with Crippen molar-refractivity contribution in [3.05, 3.63) is 0 Å². The highest BCUT2D eigenvalue weighted by Crippen LogP contribution is 2.24. The van der Waals surface area contributed by atoms with Gasteiger partial charge in [0.15, 0.2) is 6.29 Å². The maximum Gasteiger partial charge on any atom is 0.170 e. The fourth-order valence-corrected chi connectivity index (χ4v) is 3.13. The molecule has 16 heavy (non-hydrogen) atoms. The monoisotopic (exact) mass is 247 g/mol. The van der Waals surface area contributed by atoms with Crippen LogP contribution in [0.5, 0.6) is 0 Å². The maximum absolute atomic E-state index is 5.60. The van der Waals surface area contributed by atoms with Crippen molar-refractivity contribution in [3.8, 4) is 0 Å². The van der Waals surface area contributed by atoms with Crippen molar-refractivity contribution in [3.63, 3.8) is 0 Å². The molecule has 0 aromatic heterocycles. The van der Waals surface area contributed by atoms with Gasteiger partial charge in [-0.1, -0.05) is 6.92 Å². The highest BCUT2D eigenvalue weighted by atomic mass is 32.2. The zero-order chi connectivity index (χ0) is 12.0. The Kier molecular flexibility index (Phi) is 6.73. The van der Waals surface area contributed by atoms with Gasteiger partial charge in [-0.15, -0.1) is 0 Å². The largest absolute Gasteiger partial charge is 0.352 e. The number of hydrogen-bond acceptors (Lipinski definition) is 4. The summed E-state index contributed by atoms with van der Waals surface area (Å²) in [6.07, 6.45) is -0.0623. The Morgan fingerprint density at radius 3 is 2.44 bits per heavy atom. The second kappa shape index (κ2) is 7.54. The van der Waals surface area contributed by atoms with Gasteiger partial charge in [-0.2, -0.15) is 11.8 Å². The smallest absolute Gasteiger partial charge is 0.170 e. The summed E-state index contributed by atoms with van der Waals surface area (Å²) in [6.45, 7) is 12.1.